The van der Waals surface area contributed by atoms with Crippen molar-refractivity contribution in [3.8, 4) is 0 Å². The van der Waals surface area contributed by atoms with Crippen LogP contribution < -0.4 is 0 Å². The van der Waals surface area contributed by atoms with Gasteiger partial charge in [0.15, 0.2) is 0 Å². The van der Waals surface area contributed by atoms with E-state index < -0.39 is 0 Å². The van der Waals surface area contributed by atoms with Crippen LogP contribution in [0, 0.1) is 5.92 Å². The molecule has 4 heteroatoms. The van der Waals surface area contributed by atoms with Gasteiger partial charge in [0.2, 0.25) is 0 Å². The number of halogens is 1. The molecule has 2 saturated heterocycles. The molecular formula is C15H30IN3. The van der Waals surface area contributed by atoms with Gasteiger partial charge in [0.05, 0.1) is 4.05 Å². The lowest BCUT2D eigenvalue weighted by atomic mass is 9.95. The van der Waals surface area contributed by atoms with Crippen LogP contribution in [0.5, 0.6) is 0 Å². The van der Waals surface area contributed by atoms with Gasteiger partial charge in [-0.05, 0) is 52.6 Å². The zero-order chi connectivity index (χ0) is 13.8. The Morgan fingerprint density at radius 2 is 1.47 bits per heavy atom. The van der Waals surface area contributed by atoms with Crippen molar-refractivity contribution in [1.82, 2.24) is 14.7 Å². The third-order valence-electron chi connectivity index (χ3n) is 4.81. The predicted octanol–water partition coefficient (Wildman–Crippen LogP) is 2.51. The highest BCUT2D eigenvalue weighted by Crippen LogP contribution is 2.21. The topological polar surface area (TPSA) is 9.72 Å². The molecule has 19 heavy (non-hydrogen) atoms. The second-order valence-electron chi connectivity index (χ2n) is 6.48. The van der Waals surface area contributed by atoms with Crippen LogP contribution in [0.3, 0.4) is 0 Å². The molecule has 0 radical (unpaired) electrons. The zero-order valence-electron chi connectivity index (χ0n) is 12.8. The number of hydrogen-bond donors (Lipinski definition) is 0. The van der Waals surface area contributed by atoms with Crippen LogP contribution >= 0.6 is 22.6 Å². The van der Waals surface area contributed by atoms with Crippen LogP contribution in [0.4, 0.5) is 0 Å². The molecule has 1 unspecified atom stereocenters. The minimum absolute atomic E-state index is 0.689. The molecule has 2 fully saturated rings. The summed E-state index contributed by atoms with van der Waals surface area (Å²) in [5.74, 6) is 0.943. The first-order valence-corrected chi connectivity index (χ1v) is 9.15. The summed E-state index contributed by atoms with van der Waals surface area (Å²) in [5, 5.41) is 0. The number of alkyl halides is 1. The van der Waals surface area contributed by atoms with E-state index in [1.54, 1.807) is 0 Å². The lowest BCUT2D eigenvalue weighted by Gasteiger charge is -2.40. The summed E-state index contributed by atoms with van der Waals surface area (Å²) in [5.41, 5.74) is 0. The molecule has 1 atom stereocenters. The van der Waals surface area contributed by atoms with E-state index >= 15 is 0 Å². The third-order valence-corrected chi connectivity index (χ3v) is 5.59. The molecule has 0 aliphatic carbocycles. The number of likely N-dealkylation sites (tertiary alicyclic amines) is 1. The molecule has 0 spiro atoms. The molecule has 0 aromatic heterocycles. The van der Waals surface area contributed by atoms with E-state index in [9.17, 15) is 0 Å². The largest absolute Gasteiger partial charge is 0.301 e. The summed E-state index contributed by atoms with van der Waals surface area (Å²) in [4.78, 5) is 7.93. The number of piperazine rings is 1. The molecule has 0 aromatic rings. The Hall–Kier alpha value is 0.610. The van der Waals surface area contributed by atoms with Crippen molar-refractivity contribution >= 4 is 22.6 Å². The van der Waals surface area contributed by atoms with E-state index in [4.69, 9.17) is 0 Å². The van der Waals surface area contributed by atoms with E-state index in [1.807, 2.05) is 0 Å². The Labute approximate surface area is 132 Å². The second-order valence-corrected chi connectivity index (χ2v) is 8.29. The average Bonchev–Trinajstić information content (AvgIpc) is 2.40. The maximum absolute atomic E-state index is 2.70. The lowest BCUT2D eigenvalue weighted by molar-refractivity contribution is 0.0873. The van der Waals surface area contributed by atoms with Crippen molar-refractivity contribution in [3.05, 3.63) is 0 Å². The van der Waals surface area contributed by atoms with Crippen molar-refractivity contribution in [3.63, 3.8) is 0 Å². The quantitative estimate of drug-likeness (QED) is 0.422. The van der Waals surface area contributed by atoms with Crippen molar-refractivity contribution in [2.45, 2.75) is 43.7 Å². The fraction of sp³-hybridized carbons (Fsp3) is 1.00. The van der Waals surface area contributed by atoms with Crippen molar-refractivity contribution in [1.29, 1.82) is 0 Å². The van der Waals surface area contributed by atoms with Crippen molar-refractivity contribution < 1.29 is 0 Å². The molecule has 0 aromatic carbocycles. The third kappa shape index (κ3) is 4.83. The molecule has 3 nitrogen and oxygen atoms in total. The Morgan fingerprint density at radius 3 is 1.95 bits per heavy atom. The van der Waals surface area contributed by atoms with Crippen molar-refractivity contribution in [2.75, 3.05) is 45.8 Å². The molecule has 2 aliphatic heterocycles. The van der Waals surface area contributed by atoms with Gasteiger partial charge in [-0.3, -0.25) is 4.90 Å². The highest BCUT2D eigenvalue weighted by Gasteiger charge is 2.25. The molecule has 0 bridgehead atoms. The fourth-order valence-electron chi connectivity index (χ4n) is 3.32. The smallest absolute Gasteiger partial charge is 0.0590 e. The summed E-state index contributed by atoms with van der Waals surface area (Å²) in [6.07, 6.45) is 2.81. The van der Waals surface area contributed by atoms with Gasteiger partial charge in [0.25, 0.3) is 0 Å². The predicted molar refractivity (Wildman–Crippen MR) is 90.9 cm³/mol. The zero-order valence-corrected chi connectivity index (χ0v) is 15.0. The molecule has 112 valence electrons. The fourth-order valence-corrected chi connectivity index (χ4v) is 3.88. The van der Waals surface area contributed by atoms with Crippen LogP contribution in [-0.2, 0) is 0 Å². The van der Waals surface area contributed by atoms with E-state index in [-0.39, 0.29) is 0 Å². The Kier molecular flexibility index (Phi) is 6.37. The van der Waals surface area contributed by atoms with E-state index in [0.29, 0.717) is 4.05 Å². The standard InChI is InChI=1S/C15H30IN3/c1-13(2)18-6-4-15(5-7-18)12-17-8-10-19(11-9-17)14(3)16/h13-15H,4-12H2,1-3H3. The summed E-state index contributed by atoms with van der Waals surface area (Å²) in [6.45, 7) is 16.0. The summed E-state index contributed by atoms with van der Waals surface area (Å²) in [6, 6.07) is 0.731. The van der Waals surface area contributed by atoms with Gasteiger partial charge < -0.3 is 9.80 Å². The SMILES string of the molecule is CC(C)N1CCC(CN2CCN(C(C)I)CC2)CC1. The highest BCUT2D eigenvalue weighted by atomic mass is 127. The van der Waals surface area contributed by atoms with Gasteiger partial charge in [-0.15, -0.1) is 0 Å². The number of nitrogens with zero attached hydrogens (tertiary/aromatic N) is 3. The first-order chi connectivity index (χ1) is 9.06. The molecule has 0 N–H and O–H groups in total. The Morgan fingerprint density at radius 1 is 0.895 bits per heavy atom. The number of rotatable bonds is 4. The first-order valence-electron chi connectivity index (χ1n) is 7.91. The molecule has 2 heterocycles. The molecule has 0 saturated carbocycles. The van der Waals surface area contributed by atoms with E-state index in [2.05, 4.69) is 58.1 Å². The van der Waals surface area contributed by atoms with E-state index in [0.717, 1.165) is 12.0 Å². The van der Waals surface area contributed by atoms with Gasteiger partial charge in [-0.1, -0.05) is 22.6 Å². The van der Waals surface area contributed by atoms with Gasteiger partial charge in [0.1, 0.15) is 0 Å². The van der Waals surface area contributed by atoms with Gasteiger partial charge >= 0.3 is 0 Å². The highest BCUT2D eigenvalue weighted by molar-refractivity contribution is 14.1. The van der Waals surface area contributed by atoms with Crippen LogP contribution in [0.1, 0.15) is 33.6 Å². The number of hydrogen-bond acceptors (Lipinski definition) is 3. The minimum atomic E-state index is 0.689. The first kappa shape index (κ1) is 16.0. The normalized spacial score (nSPS) is 27.0. The van der Waals surface area contributed by atoms with Crippen LogP contribution in [0.25, 0.3) is 0 Å². The maximum Gasteiger partial charge on any atom is 0.0590 e. The van der Waals surface area contributed by atoms with Crippen LogP contribution in [-0.4, -0.2) is 70.6 Å². The lowest BCUT2D eigenvalue weighted by Crippen LogP contribution is -2.50. The monoisotopic (exact) mass is 379 g/mol. The Bertz CT molecular complexity index is 228. The second kappa shape index (κ2) is 7.57. The minimum Gasteiger partial charge on any atom is -0.301 e. The molecule has 2 rings (SSSR count). The van der Waals surface area contributed by atoms with Crippen LogP contribution in [0.15, 0.2) is 0 Å². The summed E-state index contributed by atoms with van der Waals surface area (Å²) in [7, 11) is 0. The molecular weight excluding hydrogens is 349 g/mol. The number of piperidine rings is 1. The van der Waals surface area contributed by atoms with Crippen LogP contribution in [0.2, 0.25) is 0 Å². The maximum atomic E-state index is 2.70. The summed E-state index contributed by atoms with van der Waals surface area (Å²) < 4.78 is 0.689. The molecule has 2 aliphatic rings. The van der Waals surface area contributed by atoms with Gasteiger partial charge in [-0.2, -0.15) is 0 Å². The molecule has 0 amide bonds. The van der Waals surface area contributed by atoms with Gasteiger partial charge in [0, 0.05) is 38.8 Å². The summed E-state index contributed by atoms with van der Waals surface area (Å²) >= 11 is 2.53. The van der Waals surface area contributed by atoms with E-state index in [1.165, 1.54) is 58.7 Å². The van der Waals surface area contributed by atoms with Gasteiger partial charge in [-0.25, -0.2) is 0 Å². The van der Waals surface area contributed by atoms with Crippen molar-refractivity contribution in [2.24, 2.45) is 5.92 Å². The average molecular weight is 379 g/mol. The Balaban J connectivity index is 1.67.